The van der Waals surface area contributed by atoms with Gasteiger partial charge in [0.25, 0.3) is 0 Å². The number of hydrogen-bond acceptors (Lipinski definition) is 5. The van der Waals surface area contributed by atoms with E-state index in [-0.39, 0.29) is 15.6 Å². The van der Waals surface area contributed by atoms with Gasteiger partial charge in [-0.3, -0.25) is 9.59 Å². The van der Waals surface area contributed by atoms with E-state index in [9.17, 15) is 9.59 Å². The van der Waals surface area contributed by atoms with Crippen molar-refractivity contribution in [2.24, 2.45) is 11.1 Å². The number of rotatable bonds is 2. The van der Waals surface area contributed by atoms with Gasteiger partial charge < -0.3 is 4.84 Å². The van der Waals surface area contributed by atoms with E-state index in [4.69, 9.17) is 0 Å². The maximum atomic E-state index is 11.8. The lowest BCUT2D eigenvalue weighted by molar-refractivity contribution is -0.127. The van der Waals surface area contributed by atoms with Gasteiger partial charge in [0.15, 0.2) is 5.78 Å². The Kier molecular flexibility index (Phi) is 3.54. The number of oxime groups is 1. The highest BCUT2D eigenvalue weighted by molar-refractivity contribution is 8.15. The van der Waals surface area contributed by atoms with Gasteiger partial charge in [-0.25, -0.2) is 0 Å². The second kappa shape index (κ2) is 4.35. The van der Waals surface area contributed by atoms with Crippen LogP contribution in [0.3, 0.4) is 0 Å². The molecule has 1 atom stereocenters. The average molecular weight is 229 g/mol. The molecule has 0 spiro atoms. The van der Waals surface area contributed by atoms with Gasteiger partial charge in [0, 0.05) is 11.2 Å². The third-order valence-electron chi connectivity index (χ3n) is 2.19. The Hall–Kier alpha value is -0.840. The molecule has 0 aromatic carbocycles. The predicted molar refractivity (Wildman–Crippen MR) is 59.9 cm³/mol. The molecule has 4 nitrogen and oxygen atoms in total. The average Bonchev–Trinajstić information content (AvgIpc) is 1.99. The molecule has 1 unspecified atom stereocenters. The van der Waals surface area contributed by atoms with Crippen LogP contribution in [-0.4, -0.2) is 28.5 Å². The Labute approximate surface area is 93.4 Å². The Morgan fingerprint density at radius 2 is 2.13 bits per heavy atom. The summed E-state index contributed by atoms with van der Waals surface area (Å²) in [6, 6.07) is 0. The fourth-order valence-corrected chi connectivity index (χ4v) is 2.80. The molecule has 1 fully saturated rings. The van der Waals surface area contributed by atoms with E-state index in [2.05, 4.69) is 9.99 Å². The minimum Gasteiger partial charge on any atom is -0.399 e. The van der Waals surface area contributed by atoms with Crippen molar-refractivity contribution < 1.29 is 14.4 Å². The summed E-state index contributed by atoms with van der Waals surface area (Å²) in [4.78, 5) is 28.1. The number of hydrogen-bond donors (Lipinski definition) is 0. The quantitative estimate of drug-likeness (QED) is 0.410. The van der Waals surface area contributed by atoms with E-state index in [1.807, 2.05) is 13.8 Å². The van der Waals surface area contributed by atoms with Crippen LogP contribution in [-0.2, 0) is 14.4 Å². The Balaban J connectivity index is 2.89. The van der Waals surface area contributed by atoms with Gasteiger partial charge in [0.2, 0.25) is 5.12 Å². The summed E-state index contributed by atoms with van der Waals surface area (Å²) in [6.07, 6.45) is 0.393. The third-order valence-corrected chi connectivity index (χ3v) is 3.32. The van der Waals surface area contributed by atoms with E-state index in [0.717, 1.165) is 0 Å². The molecule has 1 saturated heterocycles. The van der Waals surface area contributed by atoms with Gasteiger partial charge in [-0.15, -0.1) is 0 Å². The Morgan fingerprint density at radius 1 is 1.53 bits per heavy atom. The SMILES string of the molecule is CO/N=C(\C)C1C(=O)CC(C)(C)SC1=O. The summed E-state index contributed by atoms with van der Waals surface area (Å²) in [5, 5.41) is 3.53. The number of carbonyl (C=O) groups is 2. The first-order valence-corrected chi connectivity index (χ1v) is 5.52. The molecule has 1 aliphatic rings. The molecule has 0 aromatic heterocycles. The summed E-state index contributed by atoms with van der Waals surface area (Å²) >= 11 is 1.21. The second-order valence-corrected chi connectivity index (χ2v) is 5.88. The molecule has 0 aliphatic carbocycles. The van der Waals surface area contributed by atoms with Crippen LogP contribution in [0.5, 0.6) is 0 Å². The lowest BCUT2D eigenvalue weighted by Crippen LogP contribution is -2.40. The van der Waals surface area contributed by atoms with Crippen molar-refractivity contribution in [2.45, 2.75) is 31.9 Å². The minimum absolute atomic E-state index is 0.0675. The molecule has 1 rings (SSSR count). The molecular formula is C10H15NO3S. The highest BCUT2D eigenvalue weighted by atomic mass is 32.2. The van der Waals surface area contributed by atoms with E-state index < -0.39 is 5.92 Å². The minimum atomic E-state index is -0.719. The predicted octanol–water partition coefficient (Wildman–Crippen LogP) is 1.64. The molecule has 1 heterocycles. The molecule has 0 radical (unpaired) electrons. The first kappa shape index (κ1) is 12.2. The zero-order chi connectivity index (χ0) is 11.6. The van der Waals surface area contributed by atoms with Crippen LogP contribution in [0.15, 0.2) is 5.16 Å². The number of Topliss-reactive ketones (excluding diaryl/α,β-unsaturated/α-hetero) is 1. The van der Waals surface area contributed by atoms with E-state index in [1.54, 1.807) is 6.92 Å². The maximum Gasteiger partial charge on any atom is 0.205 e. The highest BCUT2D eigenvalue weighted by Crippen LogP contribution is 2.37. The molecule has 0 bridgehead atoms. The Bertz CT molecular complexity index is 303. The van der Waals surface area contributed by atoms with Crippen LogP contribution in [0, 0.1) is 5.92 Å². The van der Waals surface area contributed by atoms with Crippen molar-refractivity contribution in [2.75, 3.05) is 7.11 Å². The van der Waals surface area contributed by atoms with Crippen LogP contribution < -0.4 is 0 Å². The molecule has 84 valence electrons. The van der Waals surface area contributed by atoms with Gasteiger partial charge in [0.1, 0.15) is 13.0 Å². The second-order valence-electron chi connectivity index (χ2n) is 4.17. The lowest BCUT2D eigenvalue weighted by atomic mass is 9.92. The summed E-state index contributed by atoms with van der Waals surface area (Å²) in [5.41, 5.74) is 0.440. The normalized spacial score (nSPS) is 26.7. The summed E-state index contributed by atoms with van der Waals surface area (Å²) in [5.74, 6) is -0.787. The summed E-state index contributed by atoms with van der Waals surface area (Å²) in [7, 11) is 1.40. The number of nitrogens with zero attached hydrogens (tertiary/aromatic N) is 1. The zero-order valence-electron chi connectivity index (χ0n) is 9.36. The van der Waals surface area contributed by atoms with Crippen molar-refractivity contribution in [1.29, 1.82) is 0 Å². The maximum absolute atomic E-state index is 11.8. The smallest absolute Gasteiger partial charge is 0.205 e. The molecule has 0 aromatic rings. The van der Waals surface area contributed by atoms with Crippen LogP contribution in [0.1, 0.15) is 27.2 Å². The third kappa shape index (κ3) is 2.81. The molecule has 0 saturated carbocycles. The number of carbonyl (C=O) groups excluding carboxylic acids is 2. The molecule has 0 N–H and O–H groups in total. The van der Waals surface area contributed by atoms with E-state index in [1.165, 1.54) is 18.9 Å². The van der Waals surface area contributed by atoms with E-state index in [0.29, 0.717) is 12.1 Å². The highest BCUT2D eigenvalue weighted by Gasteiger charge is 2.42. The van der Waals surface area contributed by atoms with Crippen molar-refractivity contribution in [3.05, 3.63) is 0 Å². The lowest BCUT2D eigenvalue weighted by Gasteiger charge is -2.30. The monoisotopic (exact) mass is 229 g/mol. The van der Waals surface area contributed by atoms with Crippen LogP contribution >= 0.6 is 11.8 Å². The van der Waals surface area contributed by atoms with Gasteiger partial charge in [0.05, 0.1) is 5.71 Å². The molecular weight excluding hydrogens is 214 g/mol. The summed E-state index contributed by atoms with van der Waals surface area (Å²) in [6.45, 7) is 5.43. The zero-order valence-corrected chi connectivity index (χ0v) is 10.2. The molecule has 15 heavy (non-hydrogen) atoms. The van der Waals surface area contributed by atoms with Crippen LogP contribution in [0.4, 0.5) is 0 Å². The van der Waals surface area contributed by atoms with Crippen molar-refractivity contribution in [3.8, 4) is 0 Å². The van der Waals surface area contributed by atoms with Gasteiger partial charge in [-0.2, -0.15) is 0 Å². The first-order chi connectivity index (χ1) is 6.87. The van der Waals surface area contributed by atoms with E-state index >= 15 is 0 Å². The number of thioether (sulfide) groups is 1. The molecule has 5 heteroatoms. The Morgan fingerprint density at radius 3 is 2.60 bits per heavy atom. The fourth-order valence-electron chi connectivity index (χ4n) is 1.62. The molecule has 1 aliphatic heterocycles. The van der Waals surface area contributed by atoms with Crippen LogP contribution in [0.25, 0.3) is 0 Å². The molecule has 0 amide bonds. The first-order valence-electron chi connectivity index (χ1n) is 4.70. The van der Waals surface area contributed by atoms with Crippen molar-refractivity contribution >= 4 is 28.4 Å². The topological polar surface area (TPSA) is 55.7 Å². The van der Waals surface area contributed by atoms with Crippen molar-refractivity contribution in [1.82, 2.24) is 0 Å². The number of ketones is 1. The van der Waals surface area contributed by atoms with Gasteiger partial charge >= 0.3 is 0 Å². The van der Waals surface area contributed by atoms with Gasteiger partial charge in [-0.1, -0.05) is 16.9 Å². The largest absolute Gasteiger partial charge is 0.399 e. The standard InChI is InChI=1S/C10H15NO3S/c1-6(11-14-4)8-7(12)5-10(2,3)15-9(8)13/h8H,5H2,1-4H3/b11-6+. The van der Waals surface area contributed by atoms with Crippen molar-refractivity contribution in [3.63, 3.8) is 0 Å². The van der Waals surface area contributed by atoms with Gasteiger partial charge in [-0.05, 0) is 20.8 Å². The fraction of sp³-hybridized carbons (Fsp3) is 0.700. The summed E-state index contributed by atoms with van der Waals surface area (Å²) < 4.78 is -0.294. The van der Waals surface area contributed by atoms with Crippen LogP contribution in [0.2, 0.25) is 0 Å².